The quantitative estimate of drug-likeness (QED) is 0.703. The van der Waals surface area contributed by atoms with Crippen LogP contribution in [-0.4, -0.2) is 0 Å². The zero-order valence-electron chi connectivity index (χ0n) is 9.66. The molecule has 1 heteroatoms. The van der Waals surface area contributed by atoms with E-state index in [0.29, 0.717) is 0 Å². The molecule has 0 bridgehead atoms. The Labute approximate surface area is 107 Å². The largest absolute Gasteiger partial charge is 0.0576 e. The summed E-state index contributed by atoms with van der Waals surface area (Å²) < 4.78 is 1.20. The van der Waals surface area contributed by atoms with Gasteiger partial charge in [0.25, 0.3) is 0 Å². The maximum absolute atomic E-state index is 3.51. The standard InChI is InChI=1S/C15H19Br/c16-15-9-7-14(8-10-15)13-5-3-12(4-6-13)11-1-2-11/h7-13H,1-6H2. The molecule has 0 saturated heterocycles. The van der Waals surface area contributed by atoms with Crippen LogP contribution in [0, 0.1) is 11.8 Å². The number of halogens is 1. The summed E-state index contributed by atoms with van der Waals surface area (Å²) in [5.41, 5.74) is 1.55. The molecule has 0 radical (unpaired) electrons. The van der Waals surface area contributed by atoms with Gasteiger partial charge in [-0.1, -0.05) is 28.1 Å². The zero-order valence-corrected chi connectivity index (χ0v) is 11.2. The van der Waals surface area contributed by atoms with Crippen LogP contribution in [0.25, 0.3) is 0 Å². The molecule has 2 aliphatic rings. The van der Waals surface area contributed by atoms with E-state index >= 15 is 0 Å². The third kappa shape index (κ3) is 2.34. The Hall–Kier alpha value is -0.300. The summed E-state index contributed by atoms with van der Waals surface area (Å²) in [6, 6.07) is 8.96. The first-order valence-electron chi connectivity index (χ1n) is 6.58. The van der Waals surface area contributed by atoms with E-state index in [4.69, 9.17) is 0 Å². The lowest BCUT2D eigenvalue weighted by Gasteiger charge is -2.28. The molecule has 2 aliphatic carbocycles. The molecule has 1 aromatic rings. The van der Waals surface area contributed by atoms with Gasteiger partial charge in [-0.2, -0.15) is 0 Å². The van der Waals surface area contributed by atoms with Crippen LogP contribution in [0.4, 0.5) is 0 Å². The second-order valence-corrected chi connectivity index (χ2v) is 6.42. The van der Waals surface area contributed by atoms with Crippen molar-refractivity contribution in [3.63, 3.8) is 0 Å². The number of rotatable bonds is 2. The molecule has 2 fully saturated rings. The molecule has 0 aromatic heterocycles. The Morgan fingerprint density at radius 1 is 0.750 bits per heavy atom. The zero-order chi connectivity index (χ0) is 11.0. The van der Waals surface area contributed by atoms with Gasteiger partial charge in [-0.05, 0) is 74.0 Å². The van der Waals surface area contributed by atoms with Crippen LogP contribution in [-0.2, 0) is 0 Å². The van der Waals surface area contributed by atoms with Gasteiger partial charge in [-0.3, -0.25) is 0 Å². The van der Waals surface area contributed by atoms with Crippen molar-refractivity contribution in [1.29, 1.82) is 0 Å². The van der Waals surface area contributed by atoms with Crippen molar-refractivity contribution >= 4 is 15.9 Å². The molecule has 0 aliphatic heterocycles. The molecule has 16 heavy (non-hydrogen) atoms. The fraction of sp³-hybridized carbons (Fsp3) is 0.600. The smallest absolute Gasteiger partial charge is 0.0175 e. The Bertz CT molecular complexity index is 342. The average molecular weight is 279 g/mol. The fourth-order valence-corrected chi connectivity index (χ4v) is 3.49. The molecule has 86 valence electrons. The molecular formula is C15H19Br. The minimum absolute atomic E-state index is 0.836. The van der Waals surface area contributed by atoms with Gasteiger partial charge in [0.15, 0.2) is 0 Å². The van der Waals surface area contributed by atoms with Gasteiger partial charge in [-0.25, -0.2) is 0 Å². The maximum Gasteiger partial charge on any atom is 0.0175 e. The van der Waals surface area contributed by atoms with E-state index in [9.17, 15) is 0 Å². The van der Waals surface area contributed by atoms with Crippen molar-refractivity contribution in [1.82, 2.24) is 0 Å². The van der Waals surface area contributed by atoms with Crippen LogP contribution in [0.3, 0.4) is 0 Å². The van der Waals surface area contributed by atoms with Gasteiger partial charge in [0.2, 0.25) is 0 Å². The molecule has 0 amide bonds. The van der Waals surface area contributed by atoms with Crippen molar-refractivity contribution in [3.8, 4) is 0 Å². The Morgan fingerprint density at radius 2 is 1.25 bits per heavy atom. The van der Waals surface area contributed by atoms with Crippen molar-refractivity contribution in [2.75, 3.05) is 0 Å². The predicted octanol–water partition coefficient (Wildman–Crippen LogP) is 5.13. The molecule has 3 rings (SSSR count). The van der Waals surface area contributed by atoms with E-state index in [1.54, 1.807) is 5.56 Å². The molecule has 2 saturated carbocycles. The van der Waals surface area contributed by atoms with E-state index < -0.39 is 0 Å². The van der Waals surface area contributed by atoms with Crippen LogP contribution in [0.5, 0.6) is 0 Å². The van der Waals surface area contributed by atoms with Crippen molar-refractivity contribution in [3.05, 3.63) is 34.3 Å². The number of hydrogen-bond acceptors (Lipinski definition) is 0. The average Bonchev–Trinajstić information content (AvgIpc) is 3.14. The van der Waals surface area contributed by atoms with Crippen LogP contribution in [0.2, 0.25) is 0 Å². The molecule has 0 atom stereocenters. The summed E-state index contributed by atoms with van der Waals surface area (Å²) in [6.07, 6.45) is 8.84. The summed E-state index contributed by atoms with van der Waals surface area (Å²) in [4.78, 5) is 0. The molecule has 1 aromatic carbocycles. The Kier molecular flexibility index (Phi) is 3.06. The molecule has 0 N–H and O–H groups in total. The fourth-order valence-electron chi connectivity index (χ4n) is 3.23. The highest BCUT2D eigenvalue weighted by atomic mass is 79.9. The Balaban J connectivity index is 1.62. The highest BCUT2D eigenvalue weighted by Crippen LogP contribution is 2.47. The van der Waals surface area contributed by atoms with E-state index in [1.807, 2.05) is 0 Å². The summed E-state index contributed by atoms with van der Waals surface area (Å²) in [7, 11) is 0. The van der Waals surface area contributed by atoms with Gasteiger partial charge in [0.05, 0.1) is 0 Å². The topological polar surface area (TPSA) is 0 Å². The lowest BCUT2D eigenvalue weighted by molar-refractivity contribution is 0.296. The number of benzene rings is 1. The highest BCUT2D eigenvalue weighted by molar-refractivity contribution is 9.10. The van der Waals surface area contributed by atoms with Crippen LogP contribution >= 0.6 is 15.9 Å². The lowest BCUT2D eigenvalue weighted by Crippen LogP contribution is -2.14. The molecule has 0 nitrogen and oxygen atoms in total. The summed E-state index contributed by atoms with van der Waals surface area (Å²) in [6.45, 7) is 0. The summed E-state index contributed by atoms with van der Waals surface area (Å²) in [5, 5.41) is 0. The minimum atomic E-state index is 0.836. The number of hydrogen-bond donors (Lipinski definition) is 0. The van der Waals surface area contributed by atoms with Crippen molar-refractivity contribution in [2.45, 2.75) is 44.4 Å². The maximum atomic E-state index is 3.51. The third-order valence-corrected chi connectivity index (χ3v) is 4.93. The summed E-state index contributed by atoms with van der Waals surface area (Å²) in [5.74, 6) is 3.03. The monoisotopic (exact) mass is 278 g/mol. The van der Waals surface area contributed by atoms with Crippen molar-refractivity contribution < 1.29 is 0 Å². The van der Waals surface area contributed by atoms with Gasteiger partial charge in [0.1, 0.15) is 0 Å². The van der Waals surface area contributed by atoms with E-state index in [0.717, 1.165) is 17.8 Å². The van der Waals surface area contributed by atoms with Gasteiger partial charge in [0, 0.05) is 4.47 Å². The molecule has 0 heterocycles. The molecule has 0 spiro atoms. The second kappa shape index (κ2) is 4.52. The summed E-state index contributed by atoms with van der Waals surface area (Å²) >= 11 is 3.51. The normalized spacial score (nSPS) is 30.3. The third-order valence-electron chi connectivity index (χ3n) is 4.40. The highest BCUT2D eigenvalue weighted by Gasteiger charge is 2.34. The van der Waals surface area contributed by atoms with Gasteiger partial charge in [-0.15, -0.1) is 0 Å². The van der Waals surface area contributed by atoms with E-state index in [1.165, 1.54) is 43.0 Å². The van der Waals surface area contributed by atoms with Crippen LogP contribution in [0.1, 0.15) is 50.0 Å². The minimum Gasteiger partial charge on any atom is -0.0576 e. The van der Waals surface area contributed by atoms with E-state index in [2.05, 4.69) is 40.2 Å². The molecular weight excluding hydrogens is 260 g/mol. The van der Waals surface area contributed by atoms with Crippen LogP contribution in [0.15, 0.2) is 28.7 Å². The van der Waals surface area contributed by atoms with Crippen molar-refractivity contribution in [2.24, 2.45) is 11.8 Å². The molecule has 0 unspecified atom stereocenters. The lowest BCUT2D eigenvalue weighted by atomic mass is 9.77. The first kappa shape index (κ1) is 10.8. The van der Waals surface area contributed by atoms with Crippen LogP contribution < -0.4 is 0 Å². The Morgan fingerprint density at radius 3 is 1.75 bits per heavy atom. The van der Waals surface area contributed by atoms with Gasteiger partial charge < -0.3 is 0 Å². The van der Waals surface area contributed by atoms with E-state index in [-0.39, 0.29) is 0 Å². The predicted molar refractivity (Wildman–Crippen MR) is 71.6 cm³/mol. The van der Waals surface area contributed by atoms with Gasteiger partial charge >= 0.3 is 0 Å². The SMILES string of the molecule is Brc1ccc(C2CCC(C3CC3)CC2)cc1. The first-order valence-corrected chi connectivity index (χ1v) is 7.37. The first-order chi connectivity index (χ1) is 7.83. The second-order valence-electron chi connectivity index (χ2n) is 5.50.